The first-order valence-electron chi connectivity index (χ1n) is 7.57. The van der Waals surface area contributed by atoms with E-state index in [-0.39, 0.29) is 11.9 Å². The monoisotopic (exact) mass is 313 g/mol. The van der Waals surface area contributed by atoms with E-state index in [2.05, 4.69) is 44.3 Å². The van der Waals surface area contributed by atoms with Crippen molar-refractivity contribution < 1.29 is 4.79 Å². The standard InChI is InChI=1S/C19H23NOS/c1-5-17(15-11-10-13(2)14(3)12-15)20-19(21)16-8-6-7-9-18(16)22-4/h6-12,17H,5H2,1-4H3,(H,20,21). The fourth-order valence-corrected chi connectivity index (χ4v) is 3.07. The topological polar surface area (TPSA) is 29.1 Å². The molecule has 0 saturated heterocycles. The number of hydrogen-bond donors (Lipinski definition) is 1. The van der Waals surface area contributed by atoms with E-state index in [1.165, 1.54) is 16.7 Å². The van der Waals surface area contributed by atoms with Crippen molar-refractivity contribution in [3.8, 4) is 0 Å². The Morgan fingerprint density at radius 1 is 1.14 bits per heavy atom. The van der Waals surface area contributed by atoms with E-state index in [9.17, 15) is 4.79 Å². The zero-order chi connectivity index (χ0) is 16.1. The number of thioether (sulfide) groups is 1. The number of carbonyl (C=O) groups excluding carboxylic acids is 1. The third-order valence-electron chi connectivity index (χ3n) is 4.00. The molecule has 0 fully saturated rings. The van der Waals surface area contributed by atoms with Gasteiger partial charge in [-0.2, -0.15) is 0 Å². The number of benzene rings is 2. The summed E-state index contributed by atoms with van der Waals surface area (Å²) >= 11 is 1.60. The Labute approximate surface area is 137 Å². The summed E-state index contributed by atoms with van der Waals surface area (Å²) in [6.07, 6.45) is 2.86. The van der Waals surface area contributed by atoms with Crippen molar-refractivity contribution in [2.24, 2.45) is 0 Å². The van der Waals surface area contributed by atoms with Crippen LogP contribution in [0.2, 0.25) is 0 Å². The summed E-state index contributed by atoms with van der Waals surface area (Å²) in [7, 11) is 0. The summed E-state index contributed by atoms with van der Waals surface area (Å²) in [6.45, 7) is 6.31. The van der Waals surface area contributed by atoms with Crippen molar-refractivity contribution in [3.05, 3.63) is 64.7 Å². The van der Waals surface area contributed by atoms with Crippen LogP contribution in [0, 0.1) is 13.8 Å². The fraction of sp³-hybridized carbons (Fsp3) is 0.316. The first kappa shape index (κ1) is 16.6. The fourth-order valence-electron chi connectivity index (χ4n) is 2.47. The first-order chi connectivity index (χ1) is 10.6. The predicted octanol–water partition coefficient (Wildman–Crippen LogP) is 4.91. The lowest BCUT2D eigenvalue weighted by atomic mass is 9.99. The Bertz CT molecular complexity index is 666. The van der Waals surface area contributed by atoms with Crippen LogP contribution in [0.5, 0.6) is 0 Å². The smallest absolute Gasteiger partial charge is 0.252 e. The number of rotatable bonds is 5. The third-order valence-corrected chi connectivity index (χ3v) is 4.79. The van der Waals surface area contributed by atoms with Gasteiger partial charge in [0.2, 0.25) is 0 Å². The van der Waals surface area contributed by atoms with Crippen LogP contribution < -0.4 is 5.32 Å². The minimum absolute atomic E-state index is 0.00460. The van der Waals surface area contributed by atoms with Crippen molar-refractivity contribution in [1.82, 2.24) is 5.32 Å². The van der Waals surface area contributed by atoms with Crippen LogP contribution in [0.15, 0.2) is 47.4 Å². The largest absolute Gasteiger partial charge is 0.345 e. The normalized spacial score (nSPS) is 12.0. The first-order valence-corrected chi connectivity index (χ1v) is 8.80. The molecule has 2 nitrogen and oxygen atoms in total. The molecule has 1 atom stereocenters. The molecule has 0 radical (unpaired) electrons. The molecule has 2 aromatic rings. The van der Waals surface area contributed by atoms with Gasteiger partial charge in [-0.05, 0) is 55.3 Å². The van der Waals surface area contributed by atoms with Gasteiger partial charge in [-0.1, -0.05) is 37.3 Å². The Balaban J connectivity index is 2.22. The number of hydrogen-bond acceptors (Lipinski definition) is 2. The van der Waals surface area contributed by atoms with Gasteiger partial charge in [0.15, 0.2) is 0 Å². The second kappa shape index (κ2) is 7.50. The van der Waals surface area contributed by atoms with Gasteiger partial charge >= 0.3 is 0 Å². The van der Waals surface area contributed by atoms with Crippen molar-refractivity contribution in [3.63, 3.8) is 0 Å². The molecule has 1 N–H and O–H groups in total. The van der Waals surface area contributed by atoms with Gasteiger partial charge in [-0.25, -0.2) is 0 Å². The SMILES string of the molecule is CCC(NC(=O)c1ccccc1SC)c1ccc(C)c(C)c1. The maximum absolute atomic E-state index is 12.6. The summed E-state index contributed by atoms with van der Waals surface area (Å²) in [5.74, 6) is -0.00460. The van der Waals surface area contributed by atoms with E-state index in [4.69, 9.17) is 0 Å². The molecule has 0 spiro atoms. The molecule has 22 heavy (non-hydrogen) atoms. The molecule has 1 unspecified atom stereocenters. The molecule has 0 heterocycles. The minimum atomic E-state index is -0.00460. The van der Waals surface area contributed by atoms with Crippen LogP contribution in [0.3, 0.4) is 0 Å². The predicted molar refractivity (Wildman–Crippen MR) is 94.6 cm³/mol. The van der Waals surface area contributed by atoms with Crippen LogP contribution in [-0.4, -0.2) is 12.2 Å². The highest BCUT2D eigenvalue weighted by Crippen LogP contribution is 2.23. The van der Waals surface area contributed by atoms with Gasteiger partial charge in [-0.3, -0.25) is 4.79 Å². The maximum atomic E-state index is 12.6. The van der Waals surface area contributed by atoms with E-state index < -0.39 is 0 Å². The van der Waals surface area contributed by atoms with E-state index in [1.807, 2.05) is 30.5 Å². The number of amides is 1. The number of carbonyl (C=O) groups is 1. The lowest BCUT2D eigenvalue weighted by Gasteiger charge is -2.19. The Morgan fingerprint density at radius 3 is 2.50 bits per heavy atom. The lowest BCUT2D eigenvalue weighted by molar-refractivity contribution is 0.0932. The van der Waals surface area contributed by atoms with Crippen molar-refractivity contribution in [1.29, 1.82) is 0 Å². The van der Waals surface area contributed by atoms with Crippen LogP contribution in [0.4, 0.5) is 0 Å². The lowest BCUT2D eigenvalue weighted by Crippen LogP contribution is -2.28. The molecule has 0 bridgehead atoms. The molecule has 2 aromatic carbocycles. The number of nitrogens with one attached hydrogen (secondary N) is 1. The third kappa shape index (κ3) is 3.72. The van der Waals surface area contributed by atoms with Gasteiger partial charge in [0.1, 0.15) is 0 Å². The van der Waals surface area contributed by atoms with Crippen LogP contribution in [-0.2, 0) is 0 Å². The van der Waals surface area contributed by atoms with Gasteiger partial charge < -0.3 is 5.32 Å². The van der Waals surface area contributed by atoms with Gasteiger partial charge in [-0.15, -0.1) is 11.8 Å². The Hall–Kier alpha value is -1.74. The van der Waals surface area contributed by atoms with E-state index >= 15 is 0 Å². The maximum Gasteiger partial charge on any atom is 0.252 e. The molecule has 0 aliphatic heterocycles. The van der Waals surface area contributed by atoms with E-state index in [0.717, 1.165) is 16.9 Å². The Kier molecular flexibility index (Phi) is 5.67. The van der Waals surface area contributed by atoms with Gasteiger partial charge in [0, 0.05) is 4.90 Å². The molecule has 0 saturated carbocycles. The molecular weight excluding hydrogens is 290 g/mol. The molecule has 2 rings (SSSR count). The molecule has 3 heteroatoms. The van der Waals surface area contributed by atoms with Crippen LogP contribution in [0.1, 0.15) is 46.4 Å². The summed E-state index contributed by atoms with van der Waals surface area (Å²) in [6, 6.07) is 14.2. The molecule has 116 valence electrons. The van der Waals surface area contributed by atoms with Crippen molar-refractivity contribution in [2.45, 2.75) is 38.1 Å². The van der Waals surface area contributed by atoms with Gasteiger partial charge in [0.05, 0.1) is 11.6 Å². The summed E-state index contributed by atoms with van der Waals surface area (Å²) in [5.41, 5.74) is 4.45. The molecule has 0 aliphatic carbocycles. The van der Waals surface area contributed by atoms with Crippen LogP contribution >= 0.6 is 11.8 Å². The molecule has 1 amide bonds. The summed E-state index contributed by atoms with van der Waals surface area (Å²) in [5, 5.41) is 3.17. The van der Waals surface area contributed by atoms with Crippen molar-refractivity contribution >= 4 is 17.7 Å². The highest BCUT2D eigenvalue weighted by Gasteiger charge is 2.16. The summed E-state index contributed by atoms with van der Waals surface area (Å²) < 4.78 is 0. The average Bonchev–Trinajstić information content (AvgIpc) is 2.55. The molecule has 0 aromatic heterocycles. The highest BCUT2D eigenvalue weighted by atomic mass is 32.2. The summed E-state index contributed by atoms with van der Waals surface area (Å²) in [4.78, 5) is 13.6. The highest BCUT2D eigenvalue weighted by molar-refractivity contribution is 7.98. The van der Waals surface area contributed by atoms with Gasteiger partial charge in [0.25, 0.3) is 5.91 Å². The zero-order valence-corrected chi connectivity index (χ0v) is 14.5. The second-order valence-electron chi connectivity index (χ2n) is 5.48. The second-order valence-corrected chi connectivity index (χ2v) is 6.33. The Morgan fingerprint density at radius 2 is 1.86 bits per heavy atom. The average molecular weight is 313 g/mol. The molecule has 0 aliphatic rings. The van der Waals surface area contributed by atoms with E-state index in [1.54, 1.807) is 11.8 Å². The molecular formula is C19H23NOS. The van der Waals surface area contributed by atoms with E-state index in [0.29, 0.717) is 0 Å². The zero-order valence-electron chi connectivity index (χ0n) is 13.6. The van der Waals surface area contributed by atoms with Crippen LogP contribution in [0.25, 0.3) is 0 Å². The quantitative estimate of drug-likeness (QED) is 0.795. The minimum Gasteiger partial charge on any atom is -0.345 e. The number of aryl methyl sites for hydroxylation is 2. The van der Waals surface area contributed by atoms with Crippen molar-refractivity contribution in [2.75, 3.05) is 6.26 Å².